The van der Waals surface area contributed by atoms with Crippen molar-refractivity contribution < 1.29 is 8.42 Å². The summed E-state index contributed by atoms with van der Waals surface area (Å²) in [7, 11) is -1.55. The maximum absolute atomic E-state index is 12.7. The molecule has 1 aromatic heterocycles. The minimum Gasteiger partial charge on any atom is -0.370 e. The second kappa shape index (κ2) is 7.89. The number of aromatic nitrogens is 2. The molecule has 6 nitrogen and oxygen atoms in total. The molecule has 4 rings (SSSR count). The van der Waals surface area contributed by atoms with Crippen molar-refractivity contribution in [2.75, 3.05) is 17.7 Å². The Balaban J connectivity index is 1.56. The minimum atomic E-state index is -3.51. The van der Waals surface area contributed by atoms with Gasteiger partial charge in [0, 0.05) is 24.7 Å². The average Bonchev–Trinajstić information content (AvgIpc) is 2.74. The van der Waals surface area contributed by atoms with Gasteiger partial charge in [0.25, 0.3) is 0 Å². The van der Waals surface area contributed by atoms with Crippen LogP contribution in [0.5, 0.6) is 0 Å². The topological polar surface area (TPSA) is 92.1 Å². The molecule has 0 aliphatic rings. The van der Waals surface area contributed by atoms with E-state index in [4.69, 9.17) is 18.0 Å². The number of aromatic amines is 1. The van der Waals surface area contributed by atoms with Crippen molar-refractivity contribution in [1.29, 1.82) is 0 Å². The first-order valence-corrected chi connectivity index (χ1v) is 11.1. The number of hydrogen-bond donors (Lipinski definition) is 2. The fourth-order valence-electron chi connectivity index (χ4n) is 3.26. The zero-order valence-corrected chi connectivity index (χ0v) is 17.9. The summed E-state index contributed by atoms with van der Waals surface area (Å²) in [5.41, 5.74) is 8.42. The summed E-state index contributed by atoms with van der Waals surface area (Å²) >= 11 is 5.36. The molecule has 0 aliphatic carbocycles. The van der Waals surface area contributed by atoms with Gasteiger partial charge in [0.15, 0.2) is 5.95 Å². The van der Waals surface area contributed by atoms with Crippen molar-refractivity contribution in [3.05, 3.63) is 83.0 Å². The quantitative estimate of drug-likeness (QED) is 0.452. The van der Waals surface area contributed by atoms with Crippen molar-refractivity contribution in [3.8, 4) is 0 Å². The average molecular weight is 437 g/mol. The van der Waals surface area contributed by atoms with Crippen LogP contribution >= 0.6 is 12.2 Å². The van der Waals surface area contributed by atoms with Crippen LogP contribution in [0, 0.1) is 4.64 Å². The number of H-pyrrole nitrogens is 1. The van der Waals surface area contributed by atoms with Crippen LogP contribution in [0.15, 0.2) is 82.6 Å². The molecule has 0 unspecified atom stereocenters. The lowest BCUT2D eigenvalue weighted by Crippen LogP contribution is -2.16. The first kappa shape index (κ1) is 20.1. The third kappa shape index (κ3) is 3.92. The smallest absolute Gasteiger partial charge is 0.206 e. The standard InChI is InChI=1S/C22H20N4O2S2/c1-26(16-9-12-20-19(13-16)21(29)25-22(23)24-20)14-15-7-10-18(11-8-15)30(27,28)17-5-3-2-4-6-17/h2-13H,14H2,1H3,(H3,23,24,25,29). The van der Waals surface area contributed by atoms with E-state index in [1.165, 1.54) is 0 Å². The molecule has 8 heteroatoms. The number of nitrogen functional groups attached to an aromatic ring is 1. The lowest BCUT2D eigenvalue weighted by molar-refractivity contribution is 0.596. The summed E-state index contributed by atoms with van der Waals surface area (Å²) in [5, 5.41) is 0.827. The van der Waals surface area contributed by atoms with Gasteiger partial charge in [0.2, 0.25) is 9.84 Å². The molecule has 3 aromatic carbocycles. The second-order valence-electron chi connectivity index (χ2n) is 6.97. The third-order valence-corrected chi connectivity index (χ3v) is 6.96. The highest BCUT2D eigenvalue weighted by atomic mass is 32.2. The minimum absolute atomic E-state index is 0.278. The van der Waals surface area contributed by atoms with Crippen LogP contribution in [0.1, 0.15) is 5.56 Å². The molecule has 0 fully saturated rings. The summed E-state index contributed by atoms with van der Waals surface area (Å²) in [6, 6.07) is 21.2. The third-order valence-electron chi connectivity index (χ3n) is 4.85. The van der Waals surface area contributed by atoms with Crippen molar-refractivity contribution in [2.45, 2.75) is 16.3 Å². The molecule has 0 saturated carbocycles. The van der Waals surface area contributed by atoms with Crippen LogP contribution < -0.4 is 10.6 Å². The van der Waals surface area contributed by atoms with Gasteiger partial charge in [-0.2, -0.15) is 0 Å². The van der Waals surface area contributed by atoms with Gasteiger partial charge in [-0.1, -0.05) is 42.5 Å². The van der Waals surface area contributed by atoms with Gasteiger partial charge in [0.1, 0.15) is 4.64 Å². The number of fused-ring (bicyclic) bond motifs is 1. The number of anilines is 2. The van der Waals surface area contributed by atoms with Crippen LogP contribution in [0.3, 0.4) is 0 Å². The Kier molecular flexibility index (Phi) is 5.27. The number of hydrogen-bond acceptors (Lipinski definition) is 6. The normalized spacial score (nSPS) is 11.5. The lowest BCUT2D eigenvalue weighted by Gasteiger charge is -2.20. The fraction of sp³-hybridized carbons (Fsp3) is 0.0909. The Morgan fingerprint density at radius 2 is 1.67 bits per heavy atom. The van der Waals surface area contributed by atoms with E-state index < -0.39 is 9.84 Å². The van der Waals surface area contributed by atoms with Crippen molar-refractivity contribution in [1.82, 2.24) is 9.97 Å². The molecule has 1 heterocycles. The summed E-state index contributed by atoms with van der Waals surface area (Å²) in [5.74, 6) is 0.291. The van der Waals surface area contributed by atoms with E-state index >= 15 is 0 Å². The SMILES string of the molecule is CN(Cc1ccc(S(=O)(=O)c2ccccc2)cc1)c1ccc2nc(N)[nH]c(=S)c2c1. The Morgan fingerprint density at radius 3 is 2.37 bits per heavy atom. The van der Waals surface area contributed by atoms with Gasteiger partial charge in [-0.3, -0.25) is 0 Å². The van der Waals surface area contributed by atoms with Gasteiger partial charge in [-0.05, 0) is 48.0 Å². The molecular formula is C22H20N4O2S2. The molecule has 0 spiro atoms. The van der Waals surface area contributed by atoms with E-state index in [2.05, 4.69) is 14.9 Å². The largest absolute Gasteiger partial charge is 0.370 e. The molecule has 152 valence electrons. The van der Waals surface area contributed by atoms with Gasteiger partial charge in [-0.25, -0.2) is 13.4 Å². The molecule has 0 atom stereocenters. The summed E-state index contributed by atoms with van der Waals surface area (Å²) in [6.45, 7) is 0.607. The van der Waals surface area contributed by atoms with Crippen LogP contribution in [0.4, 0.5) is 11.6 Å². The van der Waals surface area contributed by atoms with Crippen molar-refractivity contribution in [2.24, 2.45) is 0 Å². The highest BCUT2D eigenvalue weighted by Crippen LogP contribution is 2.24. The van der Waals surface area contributed by atoms with E-state index in [0.29, 0.717) is 17.1 Å². The van der Waals surface area contributed by atoms with Gasteiger partial charge in [-0.15, -0.1) is 0 Å². The van der Waals surface area contributed by atoms with Crippen molar-refractivity contribution in [3.63, 3.8) is 0 Å². The first-order valence-electron chi connectivity index (χ1n) is 9.24. The van der Waals surface area contributed by atoms with Gasteiger partial charge < -0.3 is 15.6 Å². The van der Waals surface area contributed by atoms with E-state index in [9.17, 15) is 8.42 Å². The monoisotopic (exact) mass is 436 g/mol. The summed E-state index contributed by atoms with van der Waals surface area (Å²) in [4.78, 5) is 9.76. The van der Waals surface area contributed by atoms with E-state index in [1.807, 2.05) is 37.4 Å². The predicted molar refractivity (Wildman–Crippen MR) is 122 cm³/mol. The second-order valence-corrected chi connectivity index (χ2v) is 9.33. The molecule has 0 bridgehead atoms. The Hall–Kier alpha value is -3.23. The summed E-state index contributed by atoms with van der Waals surface area (Å²) < 4.78 is 26.0. The van der Waals surface area contributed by atoms with Crippen LogP contribution in [-0.2, 0) is 16.4 Å². The number of rotatable bonds is 5. The Morgan fingerprint density at radius 1 is 1.00 bits per heavy atom. The summed E-state index contributed by atoms with van der Waals surface area (Å²) in [6.07, 6.45) is 0. The Labute approximate surface area is 179 Å². The lowest BCUT2D eigenvalue weighted by atomic mass is 10.2. The zero-order valence-electron chi connectivity index (χ0n) is 16.2. The number of nitrogens with one attached hydrogen (secondary N) is 1. The maximum atomic E-state index is 12.7. The zero-order chi connectivity index (χ0) is 21.3. The molecule has 4 aromatic rings. The van der Waals surface area contributed by atoms with Crippen LogP contribution in [-0.4, -0.2) is 25.4 Å². The predicted octanol–water partition coefficient (Wildman–Crippen LogP) is 4.34. The molecule has 0 amide bonds. The highest BCUT2D eigenvalue weighted by Gasteiger charge is 2.17. The van der Waals surface area contributed by atoms with Gasteiger partial charge in [0.05, 0.1) is 15.3 Å². The van der Waals surface area contributed by atoms with Crippen LogP contribution in [0.25, 0.3) is 10.9 Å². The number of nitrogens with zero attached hydrogens (tertiary/aromatic N) is 2. The highest BCUT2D eigenvalue weighted by molar-refractivity contribution is 7.91. The molecular weight excluding hydrogens is 416 g/mol. The van der Waals surface area contributed by atoms with E-state index in [-0.39, 0.29) is 9.79 Å². The molecule has 0 saturated heterocycles. The first-order chi connectivity index (χ1) is 14.3. The number of benzene rings is 3. The van der Waals surface area contributed by atoms with E-state index in [1.54, 1.807) is 42.5 Å². The van der Waals surface area contributed by atoms with E-state index in [0.717, 1.165) is 22.2 Å². The van der Waals surface area contributed by atoms with Gasteiger partial charge >= 0.3 is 0 Å². The van der Waals surface area contributed by atoms with Crippen LogP contribution in [0.2, 0.25) is 0 Å². The Bertz CT molecular complexity index is 1370. The molecule has 0 aliphatic heterocycles. The van der Waals surface area contributed by atoms with Crippen molar-refractivity contribution >= 4 is 44.6 Å². The number of nitrogens with two attached hydrogens (primary N) is 1. The molecule has 30 heavy (non-hydrogen) atoms. The fourth-order valence-corrected chi connectivity index (χ4v) is 4.81. The molecule has 0 radical (unpaired) electrons. The molecule has 3 N–H and O–H groups in total. The number of sulfone groups is 1. The maximum Gasteiger partial charge on any atom is 0.206 e.